The van der Waals surface area contributed by atoms with Crippen LogP contribution in [0, 0.1) is 12.8 Å². The number of carbonyl (C=O) groups excluding carboxylic acids is 2. The van der Waals surface area contributed by atoms with E-state index in [1.807, 2.05) is 6.08 Å². The van der Waals surface area contributed by atoms with Crippen LogP contribution in [0.4, 0.5) is 0 Å². The number of benzene rings is 2. The van der Waals surface area contributed by atoms with E-state index >= 15 is 0 Å². The van der Waals surface area contributed by atoms with E-state index in [2.05, 4.69) is 31.2 Å². The summed E-state index contributed by atoms with van der Waals surface area (Å²) in [6.45, 7) is 2.10. The SMILES string of the molecule is Cc1ccc(C2CCC(/C=C3\OC(=O)c4ccccc4C3=O)CC2)cc1. The van der Waals surface area contributed by atoms with E-state index in [-0.39, 0.29) is 17.5 Å². The van der Waals surface area contributed by atoms with Crippen LogP contribution in [0.25, 0.3) is 0 Å². The van der Waals surface area contributed by atoms with Gasteiger partial charge in [-0.1, -0.05) is 48.0 Å². The predicted octanol–water partition coefficient (Wildman–Crippen LogP) is 5.21. The number of ketones is 1. The predicted molar refractivity (Wildman–Crippen MR) is 100 cm³/mol. The molecule has 0 aromatic heterocycles. The Morgan fingerprint density at radius 3 is 2.23 bits per heavy atom. The molecule has 0 unspecified atom stereocenters. The van der Waals surface area contributed by atoms with Crippen molar-refractivity contribution >= 4 is 11.8 Å². The van der Waals surface area contributed by atoms with Crippen LogP contribution in [-0.2, 0) is 4.74 Å². The van der Waals surface area contributed by atoms with Crippen molar-refractivity contribution in [1.29, 1.82) is 0 Å². The molecular weight excluding hydrogens is 324 g/mol. The maximum absolute atomic E-state index is 12.6. The number of aryl methyl sites for hydroxylation is 1. The second kappa shape index (κ2) is 6.91. The number of fused-ring (bicyclic) bond motifs is 1. The minimum absolute atomic E-state index is 0.180. The molecule has 3 heteroatoms. The fourth-order valence-electron chi connectivity index (χ4n) is 3.97. The molecule has 0 saturated heterocycles. The molecule has 1 heterocycles. The van der Waals surface area contributed by atoms with E-state index in [0.29, 0.717) is 17.0 Å². The Kier molecular flexibility index (Phi) is 4.46. The third kappa shape index (κ3) is 3.22. The van der Waals surface area contributed by atoms with Crippen molar-refractivity contribution in [3.8, 4) is 0 Å². The molecule has 1 aliphatic carbocycles. The van der Waals surface area contributed by atoms with Crippen molar-refractivity contribution in [2.75, 3.05) is 0 Å². The van der Waals surface area contributed by atoms with Gasteiger partial charge in [0.15, 0.2) is 5.76 Å². The van der Waals surface area contributed by atoms with Crippen LogP contribution in [-0.4, -0.2) is 11.8 Å². The summed E-state index contributed by atoms with van der Waals surface area (Å²) in [5, 5.41) is 0. The van der Waals surface area contributed by atoms with Crippen LogP contribution in [0.2, 0.25) is 0 Å². The zero-order valence-electron chi connectivity index (χ0n) is 14.9. The number of esters is 1. The second-order valence-electron chi connectivity index (χ2n) is 7.32. The lowest BCUT2D eigenvalue weighted by Gasteiger charge is -2.28. The lowest BCUT2D eigenvalue weighted by molar-refractivity contribution is 0.0559. The Bertz CT molecular complexity index is 869. The Morgan fingerprint density at radius 1 is 0.885 bits per heavy atom. The minimum Gasteiger partial charge on any atom is -0.419 e. The van der Waals surface area contributed by atoms with E-state index in [1.165, 1.54) is 11.1 Å². The summed E-state index contributed by atoms with van der Waals surface area (Å²) >= 11 is 0. The van der Waals surface area contributed by atoms with Crippen molar-refractivity contribution in [3.63, 3.8) is 0 Å². The lowest BCUT2D eigenvalue weighted by atomic mass is 9.78. The van der Waals surface area contributed by atoms with Crippen molar-refractivity contribution in [3.05, 3.63) is 82.6 Å². The molecular formula is C23H22O3. The van der Waals surface area contributed by atoms with Crippen molar-refractivity contribution in [2.24, 2.45) is 5.92 Å². The molecule has 0 spiro atoms. The first-order valence-corrected chi connectivity index (χ1v) is 9.26. The molecule has 1 saturated carbocycles. The van der Waals surface area contributed by atoms with Gasteiger partial charge in [-0.2, -0.15) is 0 Å². The zero-order valence-corrected chi connectivity index (χ0v) is 14.9. The summed E-state index contributed by atoms with van der Waals surface area (Å²) in [6, 6.07) is 15.6. The van der Waals surface area contributed by atoms with Crippen LogP contribution in [0.15, 0.2) is 60.4 Å². The van der Waals surface area contributed by atoms with Gasteiger partial charge >= 0.3 is 5.97 Å². The molecule has 0 amide bonds. The van der Waals surface area contributed by atoms with Gasteiger partial charge in [-0.05, 0) is 62.1 Å². The number of Topliss-reactive ketones (excluding diaryl/α,β-unsaturated/α-hetero) is 1. The van der Waals surface area contributed by atoms with Gasteiger partial charge in [-0.15, -0.1) is 0 Å². The largest absolute Gasteiger partial charge is 0.419 e. The highest BCUT2D eigenvalue weighted by Crippen LogP contribution is 2.37. The molecule has 26 heavy (non-hydrogen) atoms. The van der Waals surface area contributed by atoms with Gasteiger partial charge in [0.05, 0.1) is 5.56 Å². The smallest absolute Gasteiger partial charge is 0.344 e. The number of cyclic esters (lactones) is 1. The van der Waals surface area contributed by atoms with Crippen LogP contribution >= 0.6 is 0 Å². The van der Waals surface area contributed by atoms with Crippen LogP contribution < -0.4 is 0 Å². The average molecular weight is 346 g/mol. The van der Waals surface area contributed by atoms with Crippen LogP contribution in [0.3, 0.4) is 0 Å². The van der Waals surface area contributed by atoms with E-state index in [1.54, 1.807) is 24.3 Å². The summed E-state index contributed by atoms with van der Waals surface area (Å²) in [4.78, 5) is 24.7. The van der Waals surface area contributed by atoms with Gasteiger partial charge in [0.1, 0.15) is 0 Å². The fourth-order valence-corrected chi connectivity index (χ4v) is 3.97. The van der Waals surface area contributed by atoms with Gasteiger partial charge in [-0.25, -0.2) is 4.79 Å². The van der Waals surface area contributed by atoms with E-state index < -0.39 is 5.97 Å². The Morgan fingerprint density at radius 2 is 1.54 bits per heavy atom. The highest BCUT2D eigenvalue weighted by Gasteiger charge is 2.31. The first-order valence-electron chi connectivity index (χ1n) is 9.26. The molecule has 132 valence electrons. The van der Waals surface area contributed by atoms with Crippen LogP contribution in [0.5, 0.6) is 0 Å². The Labute approximate surface area is 153 Å². The maximum atomic E-state index is 12.6. The quantitative estimate of drug-likeness (QED) is 0.554. The van der Waals surface area contributed by atoms with Gasteiger partial charge in [0, 0.05) is 5.56 Å². The maximum Gasteiger partial charge on any atom is 0.344 e. The number of carbonyl (C=O) groups is 2. The van der Waals surface area contributed by atoms with Gasteiger partial charge < -0.3 is 4.74 Å². The van der Waals surface area contributed by atoms with Gasteiger partial charge in [0.25, 0.3) is 0 Å². The summed E-state index contributed by atoms with van der Waals surface area (Å²) in [6.07, 6.45) is 6.08. The zero-order chi connectivity index (χ0) is 18.1. The van der Waals surface area contributed by atoms with E-state index in [9.17, 15) is 9.59 Å². The first-order chi connectivity index (χ1) is 12.6. The molecule has 2 aromatic carbocycles. The van der Waals surface area contributed by atoms with Crippen molar-refractivity contribution in [2.45, 2.75) is 38.5 Å². The number of allylic oxidation sites excluding steroid dienone is 2. The molecule has 3 nitrogen and oxygen atoms in total. The number of hydrogen-bond acceptors (Lipinski definition) is 3. The van der Waals surface area contributed by atoms with Crippen molar-refractivity contribution in [1.82, 2.24) is 0 Å². The van der Waals surface area contributed by atoms with Gasteiger partial charge in [-0.3, -0.25) is 4.79 Å². The molecule has 0 N–H and O–H groups in total. The molecule has 0 radical (unpaired) electrons. The first kappa shape index (κ1) is 16.8. The van der Waals surface area contributed by atoms with E-state index in [0.717, 1.165) is 25.7 Å². The number of rotatable bonds is 2. The molecule has 0 bridgehead atoms. The molecule has 4 rings (SSSR count). The number of hydrogen-bond donors (Lipinski definition) is 0. The van der Waals surface area contributed by atoms with E-state index in [4.69, 9.17) is 4.74 Å². The summed E-state index contributed by atoms with van der Waals surface area (Å²) in [7, 11) is 0. The topological polar surface area (TPSA) is 43.4 Å². The second-order valence-corrected chi connectivity index (χ2v) is 7.32. The normalized spacial score (nSPS) is 24.3. The third-order valence-corrected chi connectivity index (χ3v) is 5.53. The Balaban J connectivity index is 1.46. The van der Waals surface area contributed by atoms with Crippen molar-refractivity contribution < 1.29 is 14.3 Å². The molecule has 2 aromatic rings. The minimum atomic E-state index is -0.431. The molecule has 0 atom stereocenters. The number of ether oxygens (including phenoxy) is 1. The summed E-state index contributed by atoms with van der Waals surface area (Å²) in [5.41, 5.74) is 3.49. The average Bonchev–Trinajstić information content (AvgIpc) is 2.67. The van der Waals surface area contributed by atoms with Crippen LogP contribution in [0.1, 0.15) is 63.4 Å². The molecule has 1 fully saturated rings. The molecule has 2 aliphatic rings. The lowest BCUT2D eigenvalue weighted by Crippen LogP contribution is -2.23. The third-order valence-electron chi connectivity index (χ3n) is 5.53. The molecule has 1 aliphatic heterocycles. The highest BCUT2D eigenvalue weighted by molar-refractivity contribution is 6.17. The Hall–Kier alpha value is -2.68. The summed E-state index contributed by atoms with van der Waals surface area (Å²) < 4.78 is 5.33. The standard InChI is InChI=1S/C23H22O3/c1-15-6-10-17(11-7-15)18-12-8-16(9-13-18)14-21-22(24)19-4-2-3-5-20(19)23(25)26-21/h2-7,10-11,14,16,18H,8-9,12-13H2,1H3/b21-14-. The van der Waals surface area contributed by atoms with Gasteiger partial charge in [0.2, 0.25) is 5.78 Å². The fraction of sp³-hybridized carbons (Fsp3) is 0.304. The highest BCUT2D eigenvalue weighted by atomic mass is 16.5. The monoisotopic (exact) mass is 346 g/mol. The summed E-state index contributed by atoms with van der Waals surface area (Å²) in [5.74, 6) is 0.456.